The number of imidazole rings is 1. The molecule has 0 unspecified atom stereocenters. The number of likely N-dealkylation sites (tertiary alicyclic amines) is 1. The monoisotopic (exact) mass is 422 g/mol. The van der Waals surface area contributed by atoms with Gasteiger partial charge >= 0.3 is 0 Å². The molecule has 9 heteroatoms. The number of rotatable bonds is 6. The van der Waals surface area contributed by atoms with E-state index in [1.165, 1.54) is 6.33 Å². The molecule has 4 heterocycles. The van der Waals surface area contributed by atoms with Gasteiger partial charge in [-0.05, 0) is 32.8 Å². The fraction of sp³-hybridized carbons (Fsp3) is 0.500. The van der Waals surface area contributed by atoms with Gasteiger partial charge in [0.1, 0.15) is 18.3 Å². The molecule has 1 saturated heterocycles. The normalized spacial score (nSPS) is 18.5. The number of aromatic nitrogens is 5. The summed E-state index contributed by atoms with van der Waals surface area (Å²) in [5, 5.41) is 0. The van der Waals surface area contributed by atoms with Crippen LogP contribution in [0, 0.1) is 12.8 Å². The first-order valence-corrected chi connectivity index (χ1v) is 10.8. The third-order valence-electron chi connectivity index (χ3n) is 5.96. The summed E-state index contributed by atoms with van der Waals surface area (Å²) in [5.41, 5.74) is 3.16. The van der Waals surface area contributed by atoms with Crippen LogP contribution in [0.25, 0.3) is 22.6 Å². The number of pyridine rings is 1. The Morgan fingerprint density at radius 3 is 2.74 bits per heavy atom. The molecule has 1 aliphatic heterocycles. The smallest absolute Gasteiger partial charge is 0.245 e. The Bertz CT molecular complexity index is 1140. The molecular formula is C22H26N6O3. The molecule has 0 N–H and O–H groups in total. The summed E-state index contributed by atoms with van der Waals surface area (Å²) in [6.45, 7) is 6.04. The predicted molar refractivity (Wildman–Crippen MR) is 114 cm³/mol. The molecule has 1 atom stereocenters. The van der Waals surface area contributed by atoms with Crippen molar-refractivity contribution in [2.24, 2.45) is 5.92 Å². The molecule has 0 radical (unpaired) electrons. The molecular weight excluding hydrogens is 396 g/mol. The minimum absolute atomic E-state index is 0.0825. The number of aryl methyl sites for hydroxylation is 2. The molecule has 9 nitrogen and oxygen atoms in total. The highest BCUT2D eigenvalue weighted by molar-refractivity contribution is 5.82. The molecule has 3 aromatic rings. The van der Waals surface area contributed by atoms with Crippen molar-refractivity contribution in [3.63, 3.8) is 0 Å². The Morgan fingerprint density at radius 1 is 1.19 bits per heavy atom. The Hall–Kier alpha value is -3.23. The Labute approximate surface area is 180 Å². The molecule has 0 bridgehead atoms. The van der Waals surface area contributed by atoms with E-state index in [4.69, 9.17) is 14.5 Å². The lowest BCUT2D eigenvalue weighted by molar-refractivity contribution is -0.131. The van der Waals surface area contributed by atoms with Gasteiger partial charge in [-0.2, -0.15) is 4.98 Å². The zero-order chi connectivity index (χ0) is 21.5. The number of carbonyl (C=O) groups excluding carboxylic acids is 1. The van der Waals surface area contributed by atoms with Crippen molar-refractivity contribution < 1.29 is 14.3 Å². The molecule has 0 aromatic carbocycles. The summed E-state index contributed by atoms with van der Waals surface area (Å²) < 4.78 is 13.5. The van der Waals surface area contributed by atoms with Crippen LogP contribution in [0.4, 0.5) is 0 Å². The van der Waals surface area contributed by atoms with E-state index in [1.807, 2.05) is 22.5 Å². The van der Waals surface area contributed by atoms with E-state index in [0.29, 0.717) is 30.4 Å². The first-order chi connectivity index (χ1) is 15.1. The van der Waals surface area contributed by atoms with Crippen molar-refractivity contribution in [1.82, 2.24) is 29.4 Å². The second-order valence-corrected chi connectivity index (χ2v) is 8.17. The third-order valence-corrected chi connectivity index (χ3v) is 5.96. The fourth-order valence-corrected chi connectivity index (χ4v) is 4.19. The fourth-order valence-electron chi connectivity index (χ4n) is 4.19. The molecule has 5 rings (SSSR count). The molecule has 31 heavy (non-hydrogen) atoms. The largest absolute Gasteiger partial charge is 0.481 e. The van der Waals surface area contributed by atoms with Gasteiger partial charge in [0.15, 0.2) is 11.2 Å². The maximum atomic E-state index is 12.3. The van der Waals surface area contributed by atoms with Gasteiger partial charge in [0.25, 0.3) is 0 Å². The van der Waals surface area contributed by atoms with Crippen LogP contribution in [0.2, 0.25) is 0 Å². The van der Waals surface area contributed by atoms with Gasteiger partial charge in [-0.25, -0.2) is 15.0 Å². The van der Waals surface area contributed by atoms with Crippen molar-refractivity contribution in [1.29, 1.82) is 0 Å². The first-order valence-electron chi connectivity index (χ1n) is 10.8. The van der Waals surface area contributed by atoms with E-state index in [2.05, 4.69) is 21.9 Å². The van der Waals surface area contributed by atoms with Crippen LogP contribution in [-0.4, -0.2) is 61.6 Å². The molecule has 0 spiro atoms. The first kappa shape index (κ1) is 19.7. The van der Waals surface area contributed by atoms with Crippen LogP contribution in [0.3, 0.4) is 0 Å². The summed E-state index contributed by atoms with van der Waals surface area (Å²) in [4.78, 5) is 32.3. The summed E-state index contributed by atoms with van der Waals surface area (Å²) >= 11 is 0. The molecule has 1 aliphatic carbocycles. The number of hydrogen-bond donors (Lipinski definition) is 0. The minimum atomic E-state index is -0.0825. The topological polar surface area (TPSA) is 95.3 Å². The van der Waals surface area contributed by atoms with E-state index in [-0.39, 0.29) is 17.9 Å². The van der Waals surface area contributed by atoms with Crippen molar-refractivity contribution in [2.75, 3.05) is 20.2 Å². The van der Waals surface area contributed by atoms with Crippen molar-refractivity contribution in [3.05, 3.63) is 24.2 Å². The van der Waals surface area contributed by atoms with Crippen LogP contribution in [0.5, 0.6) is 11.8 Å². The summed E-state index contributed by atoms with van der Waals surface area (Å²) in [5.74, 6) is 2.31. The quantitative estimate of drug-likeness (QED) is 0.602. The van der Waals surface area contributed by atoms with Crippen LogP contribution in [0.15, 0.2) is 18.6 Å². The lowest BCUT2D eigenvalue weighted by Gasteiger charge is -2.16. The van der Waals surface area contributed by atoms with Crippen molar-refractivity contribution in [2.45, 2.75) is 45.8 Å². The van der Waals surface area contributed by atoms with Gasteiger partial charge in [0.2, 0.25) is 17.7 Å². The maximum Gasteiger partial charge on any atom is 0.245 e. The van der Waals surface area contributed by atoms with Crippen LogP contribution >= 0.6 is 0 Å². The summed E-state index contributed by atoms with van der Waals surface area (Å²) in [6, 6.07) is 2.01. The number of ether oxygens (including phenoxy) is 2. The molecule has 3 aromatic heterocycles. The van der Waals surface area contributed by atoms with E-state index >= 15 is 0 Å². The number of amides is 1. The van der Waals surface area contributed by atoms with Crippen molar-refractivity contribution in [3.8, 4) is 23.1 Å². The molecule has 2 aliphatic rings. The third kappa shape index (κ3) is 3.58. The average Bonchev–Trinajstić information content (AvgIpc) is 3.40. The van der Waals surface area contributed by atoms with Crippen LogP contribution < -0.4 is 9.47 Å². The number of methoxy groups -OCH3 is 1. The van der Waals surface area contributed by atoms with Gasteiger partial charge < -0.3 is 18.9 Å². The lowest BCUT2D eigenvalue weighted by atomic mass is 10.2. The molecule has 1 saturated carbocycles. The number of nitrogens with zero attached hydrogens (tertiary/aromatic N) is 6. The van der Waals surface area contributed by atoms with Gasteiger partial charge in [-0.15, -0.1) is 0 Å². The molecule has 162 valence electrons. The SMILES string of the molecule is CCn1c(-c2cnc(OC)c(C)c2)nc2c(O[C@H]3CCN(C(=O)C4CC4)C3)ncnc21. The number of carbonyl (C=O) groups is 1. The second kappa shape index (κ2) is 7.79. The van der Waals surface area contributed by atoms with Crippen molar-refractivity contribution >= 4 is 17.1 Å². The van der Waals surface area contributed by atoms with Gasteiger partial charge in [-0.1, -0.05) is 0 Å². The Kier molecular flexibility index (Phi) is 4.95. The Balaban J connectivity index is 1.45. The van der Waals surface area contributed by atoms with Crippen LogP contribution in [-0.2, 0) is 11.3 Å². The van der Waals surface area contributed by atoms with Gasteiger partial charge in [-0.3, -0.25) is 4.79 Å². The van der Waals surface area contributed by atoms with E-state index in [1.54, 1.807) is 13.3 Å². The van der Waals surface area contributed by atoms with E-state index < -0.39 is 0 Å². The van der Waals surface area contributed by atoms with E-state index in [9.17, 15) is 4.79 Å². The maximum absolute atomic E-state index is 12.3. The highest BCUT2D eigenvalue weighted by atomic mass is 16.5. The predicted octanol–water partition coefficient (Wildman–Crippen LogP) is 2.61. The Morgan fingerprint density at radius 2 is 2.03 bits per heavy atom. The van der Waals surface area contributed by atoms with E-state index in [0.717, 1.165) is 48.4 Å². The molecule has 2 fully saturated rings. The average molecular weight is 422 g/mol. The number of fused-ring (bicyclic) bond motifs is 1. The van der Waals surface area contributed by atoms with Crippen LogP contribution in [0.1, 0.15) is 31.7 Å². The number of hydrogen-bond acceptors (Lipinski definition) is 7. The molecule has 1 amide bonds. The highest BCUT2D eigenvalue weighted by Gasteiger charge is 2.37. The van der Waals surface area contributed by atoms with Gasteiger partial charge in [0.05, 0.1) is 13.7 Å². The second-order valence-electron chi connectivity index (χ2n) is 8.17. The standard InChI is InChI=1S/C22H26N6O3/c1-4-28-18(15-9-13(2)20(30-3)23-10-15)26-17-19(28)24-12-25-21(17)31-16-7-8-27(11-16)22(29)14-5-6-14/h9-10,12,14,16H,4-8,11H2,1-3H3/t16-/m0/s1. The zero-order valence-electron chi connectivity index (χ0n) is 18.0. The summed E-state index contributed by atoms with van der Waals surface area (Å²) in [6.07, 6.45) is 6.02. The summed E-state index contributed by atoms with van der Waals surface area (Å²) in [7, 11) is 1.61. The lowest BCUT2D eigenvalue weighted by Crippen LogP contribution is -2.32. The van der Waals surface area contributed by atoms with Gasteiger partial charge in [0, 0.05) is 42.8 Å². The minimum Gasteiger partial charge on any atom is -0.481 e. The highest BCUT2D eigenvalue weighted by Crippen LogP contribution is 2.33. The zero-order valence-corrected chi connectivity index (χ0v) is 18.0.